The number of ether oxygens (including phenoxy) is 1. The van der Waals surface area contributed by atoms with E-state index in [0.717, 1.165) is 44.6 Å². The van der Waals surface area contributed by atoms with Crippen LogP contribution in [0.3, 0.4) is 0 Å². The number of benzene rings is 1. The second kappa shape index (κ2) is 10.9. The van der Waals surface area contributed by atoms with Crippen LogP contribution in [0.5, 0.6) is 0 Å². The molecule has 0 spiro atoms. The molecule has 1 aliphatic carbocycles. The summed E-state index contributed by atoms with van der Waals surface area (Å²) in [6.07, 6.45) is 6.73. The molecule has 2 aliphatic rings. The van der Waals surface area contributed by atoms with Gasteiger partial charge in [0.2, 0.25) is 5.91 Å². The molecule has 1 N–H and O–H groups in total. The Kier molecular flexibility index (Phi) is 7.77. The highest BCUT2D eigenvalue weighted by atomic mass is 35.5. The molecule has 0 atom stereocenters. The van der Waals surface area contributed by atoms with Gasteiger partial charge >= 0.3 is 0 Å². The summed E-state index contributed by atoms with van der Waals surface area (Å²) in [6, 6.07) is 7.60. The average Bonchev–Trinajstić information content (AvgIpc) is 2.85. The van der Waals surface area contributed by atoms with E-state index in [4.69, 9.17) is 16.3 Å². The summed E-state index contributed by atoms with van der Waals surface area (Å²) in [4.78, 5) is 34.0. The van der Waals surface area contributed by atoms with Gasteiger partial charge in [-0.2, -0.15) is 0 Å². The second-order valence-electron chi connectivity index (χ2n) is 8.40. The molecule has 9 heteroatoms. The molecule has 1 aromatic heterocycles. The van der Waals surface area contributed by atoms with Crippen molar-refractivity contribution in [1.29, 1.82) is 0 Å². The molecule has 0 unspecified atom stereocenters. The van der Waals surface area contributed by atoms with Gasteiger partial charge < -0.3 is 15.0 Å². The van der Waals surface area contributed by atoms with Crippen LogP contribution in [0.15, 0.2) is 36.5 Å². The van der Waals surface area contributed by atoms with Crippen LogP contribution < -0.4 is 15.1 Å². The van der Waals surface area contributed by atoms with Crippen LogP contribution in [-0.2, 0) is 9.53 Å². The van der Waals surface area contributed by atoms with Gasteiger partial charge in [-0.1, -0.05) is 30.9 Å². The lowest BCUT2D eigenvalue weighted by Gasteiger charge is -2.28. The van der Waals surface area contributed by atoms with Crippen LogP contribution in [0, 0.1) is 5.82 Å². The number of rotatable bonds is 6. The van der Waals surface area contributed by atoms with Crippen molar-refractivity contribution in [2.75, 3.05) is 42.6 Å². The summed E-state index contributed by atoms with van der Waals surface area (Å²) in [5, 5.41) is 2.92. The van der Waals surface area contributed by atoms with E-state index >= 15 is 0 Å². The molecule has 1 saturated heterocycles. The third kappa shape index (κ3) is 6.00. The maximum atomic E-state index is 13.7. The van der Waals surface area contributed by atoms with E-state index in [1.807, 2.05) is 0 Å². The van der Waals surface area contributed by atoms with Crippen molar-refractivity contribution in [2.24, 2.45) is 0 Å². The van der Waals surface area contributed by atoms with E-state index < -0.39 is 11.7 Å². The van der Waals surface area contributed by atoms with Gasteiger partial charge in [0.25, 0.3) is 5.91 Å². The van der Waals surface area contributed by atoms with E-state index in [9.17, 15) is 14.0 Å². The molecular weight excluding hydrogens is 447 g/mol. The Hall–Kier alpha value is -2.71. The van der Waals surface area contributed by atoms with Gasteiger partial charge in [0.05, 0.1) is 23.8 Å². The number of hydrogen-bond donors (Lipinski definition) is 1. The van der Waals surface area contributed by atoms with Crippen molar-refractivity contribution in [3.05, 3.63) is 52.9 Å². The van der Waals surface area contributed by atoms with Crippen molar-refractivity contribution in [2.45, 2.75) is 38.1 Å². The number of carbonyl (C=O) groups is 2. The molecule has 0 radical (unpaired) electrons. The third-order valence-corrected chi connectivity index (χ3v) is 6.35. The average molecular weight is 475 g/mol. The zero-order valence-electron chi connectivity index (χ0n) is 18.4. The van der Waals surface area contributed by atoms with Gasteiger partial charge in [0.15, 0.2) is 0 Å². The first-order valence-electron chi connectivity index (χ1n) is 11.4. The van der Waals surface area contributed by atoms with Gasteiger partial charge in [-0.3, -0.25) is 14.5 Å². The fraction of sp³-hybridized carbons (Fsp3) is 0.458. The Balaban J connectivity index is 1.53. The van der Waals surface area contributed by atoms with E-state index in [1.165, 1.54) is 35.7 Å². The van der Waals surface area contributed by atoms with Crippen LogP contribution in [0.4, 0.5) is 15.9 Å². The Morgan fingerprint density at radius 3 is 2.58 bits per heavy atom. The summed E-state index contributed by atoms with van der Waals surface area (Å²) >= 11 is 5.97. The SMILES string of the molecule is O=C(CN(C(=O)c1ccc(N2CCOCC2)nc1)c1ccc(F)c(Cl)c1)NC1CCCCC1. The number of morpholine rings is 1. The summed E-state index contributed by atoms with van der Waals surface area (Å²) in [5.41, 5.74) is 0.681. The number of hydrogen-bond acceptors (Lipinski definition) is 5. The first kappa shape index (κ1) is 23.4. The Morgan fingerprint density at radius 1 is 1.15 bits per heavy atom. The molecule has 1 aromatic carbocycles. The number of nitrogens with zero attached hydrogens (tertiary/aromatic N) is 3. The number of nitrogens with one attached hydrogen (secondary N) is 1. The fourth-order valence-corrected chi connectivity index (χ4v) is 4.42. The number of carbonyl (C=O) groups excluding carboxylic acids is 2. The first-order chi connectivity index (χ1) is 16.0. The van der Waals surface area contributed by atoms with Crippen LogP contribution in [0.1, 0.15) is 42.5 Å². The maximum Gasteiger partial charge on any atom is 0.260 e. The molecule has 176 valence electrons. The lowest BCUT2D eigenvalue weighted by molar-refractivity contribution is -0.120. The van der Waals surface area contributed by atoms with Crippen LogP contribution in [0.2, 0.25) is 5.02 Å². The van der Waals surface area contributed by atoms with E-state index in [2.05, 4.69) is 15.2 Å². The topological polar surface area (TPSA) is 74.8 Å². The second-order valence-corrected chi connectivity index (χ2v) is 8.80. The van der Waals surface area contributed by atoms with E-state index in [1.54, 1.807) is 12.1 Å². The minimum atomic E-state index is -0.587. The van der Waals surface area contributed by atoms with E-state index in [-0.39, 0.29) is 23.5 Å². The monoisotopic (exact) mass is 474 g/mol. The molecule has 33 heavy (non-hydrogen) atoms. The van der Waals surface area contributed by atoms with Gasteiger partial charge in [-0.25, -0.2) is 9.37 Å². The van der Waals surface area contributed by atoms with Crippen LogP contribution in [-0.4, -0.2) is 55.7 Å². The van der Waals surface area contributed by atoms with Crippen LogP contribution >= 0.6 is 11.6 Å². The highest BCUT2D eigenvalue weighted by molar-refractivity contribution is 6.31. The Bertz CT molecular complexity index is 976. The molecule has 1 saturated carbocycles. The first-order valence-corrected chi connectivity index (χ1v) is 11.7. The Labute approximate surface area is 197 Å². The van der Waals surface area contributed by atoms with Gasteiger partial charge in [0, 0.05) is 31.0 Å². The molecule has 4 rings (SSSR count). The van der Waals surface area contributed by atoms with Crippen molar-refractivity contribution in [3.8, 4) is 0 Å². The molecule has 7 nitrogen and oxygen atoms in total. The lowest BCUT2D eigenvalue weighted by Crippen LogP contribution is -2.45. The summed E-state index contributed by atoms with van der Waals surface area (Å²) in [7, 11) is 0. The van der Waals surface area contributed by atoms with Gasteiger partial charge in [-0.15, -0.1) is 0 Å². The quantitative estimate of drug-likeness (QED) is 0.689. The van der Waals surface area contributed by atoms with Crippen molar-refractivity contribution in [3.63, 3.8) is 0 Å². The van der Waals surface area contributed by atoms with Crippen LogP contribution in [0.25, 0.3) is 0 Å². The fourth-order valence-electron chi connectivity index (χ4n) is 4.25. The Morgan fingerprint density at radius 2 is 1.91 bits per heavy atom. The van der Waals surface area contributed by atoms with E-state index in [0.29, 0.717) is 24.5 Å². The molecule has 0 bridgehead atoms. The highest BCUT2D eigenvalue weighted by Crippen LogP contribution is 2.25. The summed E-state index contributed by atoms with van der Waals surface area (Å²) < 4.78 is 19.1. The molecular formula is C24H28ClFN4O3. The van der Waals surface area contributed by atoms with Crippen molar-refractivity contribution < 1.29 is 18.7 Å². The van der Waals surface area contributed by atoms with Crippen molar-refractivity contribution in [1.82, 2.24) is 10.3 Å². The van der Waals surface area contributed by atoms with Gasteiger partial charge in [0.1, 0.15) is 18.2 Å². The number of aromatic nitrogens is 1. The van der Waals surface area contributed by atoms with Crippen molar-refractivity contribution >= 4 is 34.9 Å². The van der Waals surface area contributed by atoms with Gasteiger partial charge in [-0.05, 0) is 43.2 Å². The predicted molar refractivity (Wildman–Crippen MR) is 125 cm³/mol. The molecule has 2 amide bonds. The number of pyridine rings is 1. The highest BCUT2D eigenvalue weighted by Gasteiger charge is 2.24. The largest absolute Gasteiger partial charge is 0.378 e. The third-order valence-electron chi connectivity index (χ3n) is 6.06. The number of amides is 2. The maximum absolute atomic E-state index is 13.7. The summed E-state index contributed by atoms with van der Waals surface area (Å²) in [6.45, 7) is 2.56. The predicted octanol–water partition coefficient (Wildman–Crippen LogP) is 3.81. The standard InChI is InChI=1S/C24H28ClFN4O3/c25-20-14-19(7-8-21(20)26)30(16-23(31)28-18-4-2-1-3-5-18)24(32)17-6-9-22(27-15-17)29-10-12-33-13-11-29/h6-9,14-15,18H,1-5,10-13,16H2,(H,28,31). The minimum absolute atomic E-state index is 0.112. The number of halogens is 2. The zero-order valence-corrected chi connectivity index (χ0v) is 19.2. The molecule has 2 heterocycles. The lowest BCUT2D eigenvalue weighted by atomic mass is 9.95. The normalized spacial score (nSPS) is 17.0. The number of anilines is 2. The molecule has 2 fully saturated rings. The molecule has 2 aromatic rings. The summed E-state index contributed by atoms with van der Waals surface area (Å²) in [5.74, 6) is -0.483. The minimum Gasteiger partial charge on any atom is -0.378 e. The zero-order chi connectivity index (χ0) is 23.2. The molecule has 1 aliphatic heterocycles. The smallest absolute Gasteiger partial charge is 0.260 e.